The van der Waals surface area contributed by atoms with E-state index in [-0.39, 0.29) is 17.5 Å². The summed E-state index contributed by atoms with van der Waals surface area (Å²) in [4.78, 5) is 11.9. The lowest BCUT2D eigenvalue weighted by Gasteiger charge is -2.74. The van der Waals surface area contributed by atoms with E-state index in [1.54, 1.807) is 6.92 Å². The fourth-order valence-corrected chi connectivity index (χ4v) is 12.1. The molecule has 0 amide bonds. The summed E-state index contributed by atoms with van der Waals surface area (Å²) >= 11 is 0. The van der Waals surface area contributed by atoms with Gasteiger partial charge in [0.05, 0.1) is 0 Å². The van der Waals surface area contributed by atoms with Crippen LogP contribution >= 0.6 is 0 Å². The van der Waals surface area contributed by atoms with Gasteiger partial charge in [-0.1, -0.05) is 55.4 Å². The van der Waals surface area contributed by atoms with Gasteiger partial charge >= 0.3 is 5.97 Å². The van der Waals surface area contributed by atoms with Crippen LogP contribution in [-0.2, 0) is 9.53 Å². The molecule has 0 heterocycles. The molecule has 5 aliphatic rings. The van der Waals surface area contributed by atoms with Gasteiger partial charge in [0.25, 0.3) is 0 Å². The van der Waals surface area contributed by atoms with Crippen molar-refractivity contribution in [1.29, 1.82) is 0 Å². The lowest BCUT2D eigenvalue weighted by atomic mass is 9.31. The third-order valence-corrected chi connectivity index (χ3v) is 14.3. The van der Waals surface area contributed by atoms with Gasteiger partial charge in [-0.05, 0) is 121 Å². The van der Waals surface area contributed by atoms with E-state index in [1.165, 1.54) is 57.8 Å². The lowest BCUT2D eigenvalue weighted by Crippen LogP contribution is -2.67. The summed E-state index contributed by atoms with van der Waals surface area (Å²) in [7, 11) is 0. The normalized spacial score (nSPS) is 56.3. The predicted octanol–water partition coefficient (Wildman–Crippen LogP) is 8.68. The van der Waals surface area contributed by atoms with Crippen LogP contribution in [0.1, 0.15) is 127 Å². The van der Waals surface area contributed by atoms with Gasteiger partial charge < -0.3 is 4.74 Å². The number of hydrogen-bond acceptors (Lipinski definition) is 2. The first-order valence-electron chi connectivity index (χ1n) is 14.9. The van der Waals surface area contributed by atoms with E-state index in [0.717, 1.165) is 36.0 Å². The van der Waals surface area contributed by atoms with Crippen molar-refractivity contribution in [3.63, 3.8) is 0 Å². The van der Waals surface area contributed by atoms with E-state index in [4.69, 9.17) is 4.74 Å². The lowest BCUT2D eigenvalue weighted by molar-refractivity contribution is -0.257. The van der Waals surface area contributed by atoms with Crippen molar-refractivity contribution in [2.24, 2.45) is 62.6 Å². The summed E-state index contributed by atoms with van der Waals surface area (Å²) in [6.45, 7) is 22.4. The minimum atomic E-state index is -0.101. The van der Waals surface area contributed by atoms with Crippen LogP contribution in [-0.4, -0.2) is 12.1 Å². The molecule has 2 heteroatoms. The zero-order valence-electron chi connectivity index (χ0n) is 23.9. The van der Waals surface area contributed by atoms with E-state index in [2.05, 4.69) is 55.4 Å². The molecule has 0 bridgehead atoms. The quantitative estimate of drug-likeness (QED) is 0.358. The van der Waals surface area contributed by atoms with E-state index >= 15 is 0 Å². The maximum atomic E-state index is 11.9. The Hall–Kier alpha value is -0.530. The zero-order valence-corrected chi connectivity index (χ0v) is 23.9. The average Bonchev–Trinajstić information content (AvgIpc) is 2.74. The Kier molecular flexibility index (Phi) is 5.72. The molecule has 5 fully saturated rings. The molecule has 2 nitrogen and oxygen atoms in total. The monoisotopic (exact) mass is 470 g/mol. The van der Waals surface area contributed by atoms with Gasteiger partial charge in [-0.15, -0.1) is 0 Å². The second kappa shape index (κ2) is 7.74. The third-order valence-electron chi connectivity index (χ3n) is 14.3. The molecule has 34 heavy (non-hydrogen) atoms. The molecule has 0 aromatic heterocycles. The SMILES string of the molecule is CC(=O)OC1CCC2(C)C(CCC3(C)C2CCC2C4C(C)C(C)CCC4(C)CCC23C)C1(C)C. The second-order valence-corrected chi connectivity index (χ2v) is 15.7. The van der Waals surface area contributed by atoms with Crippen LogP contribution in [0.3, 0.4) is 0 Å². The largest absolute Gasteiger partial charge is 0.462 e. The molecule has 0 radical (unpaired) electrons. The molecular weight excluding hydrogens is 416 g/mol. The van der Waals surface area contributed by atoms with E-state index in [1.807, 2.05) is 0 Å². The van der Waals surface area contributed by atoms with Crippen molar-refractivity contribution in [2.75, 3.05) is 0 Å². The summed E-state index contributed by atoms with van der Waals surface area (Å²) in [6.07, 6.45) is 13.7. The number of esters is 1. The van der Waals surface area contributed by atoms with Crippen LogP contribution in [0, 0.1) is 62.6 Å². The number of carbonyl (C=O) groups is 1. The summed E-state index contributed by atoms with van der Waals surface area (Å²) < 4.78 is 5.92. The molecule has 0 aromatic rings. The Balaban J connectivity index is 1.49. The molecule has 0 aromatic carbocycles. The van der Waals surface area contributed by atoms with Crippen LogP contribution in [0.2, 0.25) is 0 Å². The Morgan fingerprint density at radius 2 is 1.44 bits per heavy atom. The molecule has 5 saturated carbocycles. The molecule has 5 aliphatic carbocycles. The van der Waals surface area contributed by atoms with Crippen molar-refractivity contribution in [3.05, 3.63) is 0 Å². The van der Waals surface area contributed by atoms with E-state index < -0.39 is 0 Å². The summed E-state index contributed by atoms with van der Waals surface area (Å²) in [5, 5.41) is 0. The minimum Gasteiger partial charge on any atom is -0.462 e. The van der Waals surface area contributed by atoms with Crippen LogP contribution in [0.15, 0.2) is 0 Å². The van der Waals surface area contributed by atoms with Gasteiger partial charge in [0.15, 0.2) is 0 Å². The Morgan fingerprint density at radius 3 is 2.12 bits per heavy atom. The van der Waals surface area contributed by atoms with Crippen LogP contribution < -0.4 is 0 Å². The molecule has 194 valence electrons. The van der Waals surface area contributed by atoms with Crippen LogP contribution in [0.25, 0.3) is 0 Å². The molecule has 11 unspecified atom stereocenters. The van der Waals surface area contributed by atoms with Gasteiger partial charge in [0, 0.05) is 12.3 Å². The molecule has 0 aliphatic heterocycles. The molecular formula is C32H54O2. The van der Waals surface area contributed by atoms with Gasteiger partial charge in [-0.3, -0.25) is 4.79 Å². The topological polar surface area (TPSA) is 26.3 Å². The fraction of sp³-hybridized carbons (Fsp3) is 0.969. The van der Waals surface area contributed by atoms with Gasteiger partial charge in [0.1, 0.15) is 6.10 Å². The fourth-order valence-electron chi connectivity index (χ4n) is 12.1. The maximum Gasteiger partial charge on any atom is 0.302 e. The summed E-state index contributed by atoms with van der Waals surface area (Å²) in [5.74, 6) is 4.92. The third kappa shape index (κ3) is 3.14. The molecule has 11 atom stereocenters. The van der Waals surface area contributed by atoms with Crippen molar-refractivity contribution in [3.8, 4) is 0 Å². The van der Waals surface area contributed by atoms with Crippen LogP contribution in [0.5, 0.6) is 0 Å². The average molecular weight is 471 g/mol. The molecule has 0 saturated heterocycles. The first kappa shape index (κ1) is 25.1. The Labute approximate surface area is 210 Å². The number of ether oxygens (including phenoxy) is 1. The zero-order chi connectivity index (χ0) is 24.9. The van der Waals surface area contributed by atoms with Gasteiger partial charge in [-0.25, -0.2) is 0 Å². The van der Waals surface area contributed by atoms with E-state index in [0.29, 0.717) is 27.6 Å². The smallest absolute Gasteiger partial charge is 0.302 e. The Morgan fingerprint density at radius 1 is 0.735 bits per heavy atom. The first-order chi connectivity index (χ1) is 15.7. The van der Waals surface area contributed by atoms with Crippen molar-refractivity contribution in [1.82, 2.24) is 0 Å². The highest BCUT2D eigenvalue weighted by atomic mass is 16.5. The van der Waals surface area contributed by atoms with Gasteiger partial charge in [-0.2, -0.15) is 0 Å². The van der Waals surface area contributed by atoms with Crippen LogP contribution in [0.4, 0.5) is 0 Å². The van der Waals surface area contributed by atoms with Crippen molar-refractivity contribution in [2.45, 2.75) is 133 Å². The van der Waals surface area contributed by atoms with Gasteiger partial charge in [0.2, 0.25) is 0 Å². The second-order valence-electron chi connectivity index (χ2n) is 15.7. The number of rotatable bonds is 1. The summed E-state index contributed by atoms with van der Waals surface area (Å²) in [6, 6.07) is 0. The maximum absolute atomic E-state index is 11.9. The highest BCUT2D eigenvalue weighted by molar-refractivity contribution is 5.66. The van der Waals surface area contributed by atoms with E-state index in [9.17, 15) is 4.79 Å². The molecule has 0 N–H and O–H groups in total. The molecule has 0 spiro atoms. The molecule has 5 rings (SSSR count). The summed E-state index contributed by atoms with van der Waals surface area (Å²) in [5.41, 5.74) is 1.91. The highest BCUT2D eigenvalue weighted by Gasteiger charge is 2.70. The number of hydrogen-bond donors (Lipinski definition) is 0. The van der Waals surface area contributed by atoms with Crippen molar-refractivity contribution < 1.29 is 9.53 Å². The Bertz CT molecular complexity index is 831. The predicted molar refractivity (Wildman–Crippen MR) is 140 cm³/mol. The first-order valence-corrected chi connectivity index (χ1v) is 14.9. The minimum absolute atomic E-state index is 0.0657. The van der Waals surface area contributed by atoms with Crippen molar-refractivity contribution >= 4 is 5.97 Å². The number of carbonyl (C=O) groups excluding carboxylic acids is 1. The highest BCUT2D eigenvalue weighted by Crippen LogP contribution is 2.77. The standard InChI is InChI=1S/C32H54O2/c1-20-12-15-29(6)18-19-31(8)23(27(29)21(20)2)10-11-25-30(7)16-14-26(34-22(3)33)28(4,5)24(30)13-17-32(25,31)9/h20-21,23-27H,10-19H2,1-9H3. The number of fused-ring (bicyclic) bond motifs is 7.